The van der Waals surface area contributed by atoms with E-state index in [9.17, 15) is 5.11 Å². The van der Waals surface area contributed by atoms with Gasteiger partial charge in [0.05, 0.1) is 32.1 Å². The van der Waals surface area contributed by atoms with E-state index in [2.05, 4.69) is 10.3 Å². The quantitative estimate of drug-likeness (QED) is 0.474. The Hall–Kier alpha value is -2.73. The number of anilines is 1. The number of aliphatic hydroxyl groups is 1. The van der Waals surface area contributed by atoms with E-state index in [4.69, 9.17) is 15.2 Å². The lowest BCUT2D eigenvalue weighted by Gasteiger charge is -2.15. The minimum Gasteiger partial charge on any atom is -0.494 e. The highest BCUT2D eigenvalue weighted by Crippen LogP contribution is 2.29. The lowest BCUT2D eigenvalue weighted by atomic mass is 10.0. The average Bonchev–Trinajstić information content (AvgIpc) is 2.65. The van der Waals surface area contributed by atoms with Crippen LogP contribution < -0.4 is 20.5 Å². The van der Waals surface area contributed by atoms with Crippen LogP contribution >= 0.6 is 0 Å². The van der Waals surface area contributed by atoms with Crippen LogP contribution in [0, 0.1) is 0 Å². The van der Waals surface area contributed by atoms with Crippen molar-refractivity contribution < 1.29 is 14.6 Å². The summed E-state index contributed by atoms with van der Waals surface area (Å²) in [6, 6.07) is 15.3. The molecule has 6 nitrogen and oxygen atoms in total. The van der Waals surface area contributed by atoms with Gasteiger partial charge in [-0.2, -0.15) is 0 Å². The summed E-state index contributed by atoms with van der Waals surface area (Å²) in [4.78, 5) is 4.37. The van der Waals surface area contributed by atoms with Crippen LogP contribution in [-0.4, -0.2) is 37.4 Å². The monoisotopic (exact) mass is 357 g/mol. The van der Waals surface area contributed by atoms with Crippen molar-refractivity contribution >= 4 is 11.6 Å². The number of aliphatic imine (C=N–C) groups is 1. The minimum atomic E-state index is -0.0994. The Bertz CT molecular complexity index is 705. The summed E-state index contributed by atoms with van der Waals surface area (Å²) in [7, 11) is 0. The molecule has 2 rings (SSSR count). The number of nitrogens with one attached hydrogen (secondary N) is 1. The molecular weight excluding hydrogens is 330 g/mol. The van der Waals surface area contributed by atoms with Crippen molar-refractivity contribution in [3.8, 4) is 11.5 Å². The molecule has 1 unspecified atom stereocenters. The van der Waals surface area contributed by atoms with Gasteiger partial charge in [0, 0.05) is 12.0 Å². The van der Waals surface area contributed by atoms with E-state index in [1.807, 2.05) is 62.4 Å². The molecular formula is C20H27N3O3. The second-order valence-electron chi connectivity index (χ2n) is 5.67. The van der Waals surface area contributed by atoms with Gasteiger partial charge in [-0.05, 0) is 31.5 Å². The van der Waals surface area contributed by atoms with Crippen LogP contribution in [0.25, 0.3) is 0 Å². The highest BCUT2D eigenvalue weighted by Gasteiger charge is 2.11. The van der Waals surface area contributed by atoms with Gasteiger partial charge in [0.25, 0.3) is 0 Å². The van der Waals surface area contributed by atoms with Crippen LogP contribution in [0.4, 0.5) is 5.69 Å². The van der Waals surface area contributed by atoms with E-state index in [0.29, 0.717) is 31.2 Å². The molecule has 0 saturated heterocycles. The fraction of sp³-hybridized carbons (Fsp3) is 0.350. The van der Waals surface area contributed by atoms with Gasteiger partial charge in [0.15, 0.2) is 5.96 Å². The highest BCUT2D eigenvalue weighted by atomic mass is 16.5. The minimum absolute atomic E-state index is 0.00478. The maximum absolute atomic E-state index is 9.62. The Morgan fingerprint density at radius 1 is 1.12 bits per heavy atom. The Morgan fingerprint density at radius 2 is 1.85 bits per heavy atom. The topological polar surface area (TPSA) is 89.1 Å². The van der Waals surface area contributed by atoms with Crippen LogP contribution in [0.5, 0.6) is 11.5 Å². The SMILES string of the molecule is CCOc1ccc(OCC)c(NC(N)=NCC(CO)c2ccccc2)c1. The number of ether oxygens (including phenoxy) is 2. The fourth-order valence-electron chi connectivity index (χ4n) is 2.52. The Morgan fingerprint density at radius 3 is 2.50 bits per heavy atom. The molecule has 0 saturated carbocycles. The molecule has 0 spiro atoms. The van der Waals surface area contributed by atoms with Crippen molar-refractivity contribution in [1.29, 1.82) is 0 Å². The van der Waals surface area contributed by atoms with E-state index in [1.165, 1.54) is 0 Å². The van der Waals surface area contributed by atoms with Crippen molar-refractivity contribution in [2.75, 3.05) is 31.7 Å². The normalized spacial score (nSPS) is 12.5. The second kappa shape index (κ2) is 10.3. The zero-order valence-electron chi connectivity index (χ0n) is 15.3. The molecule has 2 aromatic rings. The zero-order valence-corrected chi connectivity index (χ0v) is 15.3. The number of guanidine groups is 1. The van der Waals surface area contributed by atoms with Crippen molar-refractivity contribution in [3.05, 3.63) is 54.1 Å². The summed E-state index contributed by atoms with van der Waals surface area (Å²) >= 11 is 0. The Labute approximate surface area is 154 Å². The number of rotatable bonds is 9. The summed E-state index contributed by atoms with van der Waals surface area (Å²) in [5, 5.41) is 12.7. The smallest absolute Gasteiger partial charge is 0.193 e. The zero-order chi connectivity index (χ0) is 18.8. The summed E-state index contributed by atoms with van der Waals surface area (Å²) < 4.78 is 11.1. The molecule has 0 amide bonds. The first-order valence-electron chi connectivity index (χ1n) is 8.80. The van der Waals surface area contributed by atoms with Crippen molar-refractivity contribution in [3.63, 3.8) is 0 Å². The average molecular weight is 357 g/mol. The molecule has 0 aliphatic heterocycles. The number of hydrogen-bond acceptors (Lipinski definition) is 4. The number of nitrogens with two attached hydrogens (primary N) is 1. The van der Waals surface area contributed by atoms with Gasteiger partial charge >= 0.3 is 0 Å². The van der Waals surface area contributed by atoms with Crippen molar-refractivity contribution in [2.45, 2.75) is 19.8 Å². The van der Waals surface area contributed by atoms with Crippen LogP contribution in [0.3, 0.4) is 0 Å². The third-order valence-electron chi connectivity index (χ3n) is 3.80. The molecule has 26 heavy (non-hydrogen) atoms. The van der Waals surface area contributed by atoms with Crippen LogP contribution in [-0.2, 0) is 0 Å². The lowest BCUT2D eigenvalue weighted by molar-refractivity contribution is 0.268. The van der Waals surface area contributed by atoms with E-state index in [-0.39, 0.29) is 18.5 Å². The molecule has 2 aromatic carbocycles. The molecule has 0 aliphatic carbocycles. The van der Waals surface area contributed by atoms with Crippen LogP contribution in [0.2, 0.25) is 0 Å². The van der Waals surface area contributed by atoms with Gasteiger partial charge in [-0.3, -0.25) is 4.99 Å². The predicted molar refractivity (Wildman–Crippen MR) is 105 cm³/mol. The summed E-state index contributed by atoms with van der Waals surface area (Å²) in [6.07, 6.45) is 0. The number of nitrogens with zero attached hydrogens (tertiary/aromatic N) is 1. The van der Waals surface area contributed by atoms with Gasteiger partial charge < -0.3 is 25.6 Å². The number of hydrogen-bond donors (Lipinski definition) is 3. The molecule has 140 valence electrons. The molecule has 6 heteroatoms. The Kier molecular flexibility index (Phi) is 7.76. The summed E-state index contributed by atoms with van der Waals surface area (Å²) in [5.41, 5.74) is 7.76. The molecule has 4 N–H and O–H groups in total. The maximum Gasteiger partial charge on any atom is 0.193 e. The molecule has 0 radical (unpaired) electrons. The summed E-state index contributed by atoms with van der Waals surface area (Å²) in [6.45, 7) is 5.35. The van der Waals surface area contributed by atoms with Crippen LogP contribution in [0.1, 0.15) is 25.3 Å². The highest BCUT2D eigenvalue weighted by molar-refractivity contribution is 5.94. The van der Waals surface area contributed by atoms with E-state index in [1.54, 1.807) is 0 Å². The van der Waals surface area contributed by atoms with Gasteiger partial charge in [-0.1, -0.05) is 30.3 Å². The fourth-order valence-corrected chi connectivity index (χ4v) is 2.52. The maximum atomic E-state index is 9.62. The summed E-state index contributed by atoms with van der Waals surface area (Å²) in [5.74, 6) is 1.56. The van der Waals surface area contributed by atoms with Crippen molar-refractivity contribution in [1.82, 2.24) is 0 Å². The number of aliphatic hydroxyl groups excluding tert-OH is 1. The standard InChI is InChI=1S/C20H27N3O3/c1-3-25-17-10-11-19(26-4-2)18(12-17)23-20(21)22-13-16(14-24)15-8-6-5-7-9-15/h5-12,16,24H,3-4,13-14H2,1-2H3,(H3,21,22,23). The first-order valence-corrected chi connectivity index (χ1v) is 8.80. The first kappa shape index (κ1) is 19.6. The van der Waals surface area contributed by atoms with Crippen LogP contribution in [0.15, 0.2) is 53.5 Å². The molecule has 0 aliphatic rings. The lowest BCUT2D eigenvalue weighted by Crippen LogP contribution is -2.24. The molecule has 0 fully saturated rings. The Balaban J connectivity index is 2.10. The third kappa shape index (κ3) is 5.67. The van der Waals surface area contributed by atoms with Gasteiger partial charge in [0.1, 0.15) is 11.5 Å². The largest absolute Gasteiger partial charge is 0.494 e. The van der Waals surface area contributed by atoms with Gasteiger partial charge in [0.2, 0.25) is 0 Å². The van der Waals surface area contributed by atoms with Crippen molar-refractivity contribution in [2.24, 2.45) is 10.7 Å². The molecule has 1 atom stereocenters. The van der Waals surface area contributed by atoms with E-state index >= 15 is 0 Å². The first-order chi connectivity index (χ1) is 12.7. The van der Waals surface area contributed by atoms with Gasteiger partial charge in [-0.25, -0.2) is 0 Å². The molecule has 0 heterocycles. The van der Waals surface area contributed by atoms with Gasteiger partial charge in [-0.15, -0.1) is 0 Å². The second-order valence-corrected chi connectivity index (χ2v) is 5.67. The van der Waals surface area contributed by atoms with E-state index < -0.39 is 0 Å². The van der Waals surface area contributed by atoms with E-state index in [0.717, 1.165) is 11.3 Å². The number of benzene rings is 2. The predicted octanol–water partition coefficient (Wildman–Crippen LogP) is 2.99. The molecule has 0 aromatic heterocycles. The molecule has 0 bridgehead atoms. The third-order valence-corrected chi connectivity index (χ3v) is 3.80.